The molecule has 0 saturated heterocycles. The van der Waals surface area contributed by atoms with Crippen molar-refractivity contribution < 1.29 is 23.8 Å². The molecule has 0 spiro atoms. The highest BCUT2D eigenvalue weighted by atomic mass is 28.4. The Hall–Kier alpha value is -1.59. The second kappa shape index (κ2) is 16.5. The van der Waals surface area contributed by atoms with Crippen LogP contribution in [0.15, 0.2) is 72.3 Å². The van der Waals surface area contributed by atoms with Crippen LogP contribution < -0.4 is 10.4 Å². The molecule has 0 aliphatic rings. The molecule has 0 heterocycles. The predicted molar refractivity (Wildman–Crippen MR) is 195 cm³/mol. The number of aliphatic hydroxyl groups excluding tert-OH is 2. The predicted octanol–water partition coefficient (Wildman–Crippen LogP) is 7.57. The number of hydrogen-bond acceptors (Lipinski definition) is 5. The second-order valence-electron chi connectivity index (χ2n) is 15.7. The molecule has 0 aliphatic heterocycles. The lowest BCUT2D eigenvalue weighted by atomic mass is 9.81. The van der Waals surface area contributed by atoms with Crippen LogP contribution >= 0.6 is 0 Å². The first-order valence-electron chi connectivity index (χ1n) is 16.8. The topological polar surface area (TPSA) is 68.2 Å². The van der Waals surface area contributed by atoms with E-state index in [2.05, 4.69) is 128 Å². The molecule has 45 heavy (non-hydrogen) atoms. The van der Waals surface area contributed by atoms with Crippen LogP contribution in [0.4, 0.5) is 0 Å². The number of methoxy groups -OCH3 is 1. The molecule has 2 rings (SSSR count). The van der Waals surface area contributed by atoms with Crippen molar-refractivity contribution in [2.24, 2.45) is 17.8 Å². The van der Waals surface area contributed by atoms with Gasteiger partial charge in [0.15, 0.2) is 8.32 Å². The molecule has 0 saturated carbocycles. The van der Waals surface area contributed by atoms with Crippen LogP contribution in [0, 0.1) is 17.8 Å². The zero-order chi connectivity index (χ0) is 34.2. The van der Waals surface area contributed by atoms with Gasteiger partial charge in [0.25, 0.3) is 8.32 Å². The Kier molecular flexibility index (Phi) is 14.5. The van der Waals surface area contributed by atoms with Gasteiger partial charge in [0.1, 0.15) is 0 Å². The van der Waals surface area contributed by atoms with Crippen molar-refractivity contribution in [2.75, 3.05) is 20.3 Å². The molecule has 0 unspecified atom stereocenters. The standard InChI is InChI=1S/C38H64O5Si2/c1-28(34(39)30(3)35(40)31(4)36(41-11)29(2)27-43-44(12,13)37(5,6)7)21-20-26-42-45(38(8,9)10,32-22-16-14-17-23-32)33-24-18-15-19-25-33/h14-19,21-25,29-31,34-36,39-40H,20,26-27H2,1-13H3/b28-21+/t29-,30+,31-,34-,35-,36+/m0/s1. The molecule has 2 aromatic rings. The molecule has 5 nitrogen and oxygen atoms in total. The lowest BCUT2D eigenvalue weighted by Gasteiger charge is -2.43. The number of hydrogen-bond donors (Lipinski definition) is 2. The summed E-state index contributed by atoms with van der Waals surface area (Å²) in [6, 6.07) is 21.3. The minimum Gasteiger partial charge on any atom is -0.416 e. The summed E-state index contributed by atoms with van der Waals surface area (Å²) in [6.45, 7) is 27.2. The summed E-state index contributed by atoms with van der Waals surface area (Å²) in [4.78, 5) is 0. The van der Waals surface area contributed by atoms with Crippen LogP contribution in [-0.4, -0.2) is 65.5 Å². The second-order valence-corrected chi connectivity index (χ2v) is 24.8. The van der Waals surface area contributed by atoms with Crippen LogP contribution in [-0.2, 0) is 13.6 Å². The summed E-state index contributed by atoms with van der Waals surface area (Å²) < 4.78 is 19.4. The van der Waals surface area contributed by atoms with E-state index >= 15 is 0 Å². The molecule has 2 N–H and O–H groups in total. The Balaban J connectivity index is 2.13. The third-order valence-corrected chi connectivity index (χ3v) is 19.8. The van der Waals surface area contributed by atoms with E-state index in [1.807, 2.05) is 20.8 Å². The van der Waals surface area contributed by atoms with E-state index in [-0.39, 0.29) is 33.9 Å². The zero-order valence-corrected chi connectivity index (χ0v) is 32.6. The largest absolute Gasteiger partial charge is 0.416 e. The highest BCUT2D eigenvalue weighted by Crippen LogP contribution is 2.38. The van der Waals surface area contributed by atoms with Gasteiger partial charge in [0.2, 0.25) is 0 Å². The third kappa shape index (κ3) is 9.72. The molecule has 0 radical (unpaired) electrons. The van der Waals surface area contributed by atoms with E-state index in [0.29, 0.717) is 19.6 Å². The third-order valence-electron chi connectivity index (χ3n) is 10.2. The summed E-state index contributed by atoms with van der Waals surface area (Å²) in [7, 11) is -2.80. The van der Waals surface area contributed by atoms with E-state index < -0.39 is 28.8 Å². The smallest absolute Gasteiger partial charge is 0.261 e. The van der Waals surface area contributed by atoms with Crippen LogP contribution in [0.1, 0.15) is 75.7 Å². The van der Waals surface area contributed by atoms with Crippen molar-refractivity contribution in [3.05, 3.63) is 72.3 Å². The molecular weight excluding hydrogens is 593 g/mol. The van der Waals surface area contributed by atoms with Gasteiger partial charge >= 0.3 is 0 Å². The molecule has 0 bridgehead atoms. The van der Waals surface area contributed by atoms with Crippen LogP contribution in [0.2, 0.25) is 23.2 Å². The van der Waals surface area contributed by atoms with Crippen LogP contribution in [0.5, 0.6) is 0 Å². The van der Waals surface area contributed by atoms with Gasteiger partial charge in [0.05, 0.1) is 18.3 Å². The number of benzene rings is 2. The van der Waals surface area contributed by atoms with Crippen molar-refractivity contribution in [1.82, 2.24) is 0 Å². The number of ether oxygens (including phenoxy) is 1. The van der Waals surface area contributed by atoms with Crippen LogP contribution in [0.25, 0.3) is 0 Å². The summed E-state index contributed by atoms with van der Waals surface area (Å²) in [6.07, 6.45) is 1.04. The van der Waals surface area contributed by atoms with Gasteiger partial charge in [-0.15, -0.1) is 0 Å². The molecular formula is C38H64O5Si2. The van der Waals surface area contributed by atoms with Gasteiger partial charge in [-0.05, 0) is 52.5 Å². The lowest BCUT2D eigenvalue weighted by Crippen LogP contribution is -2.66. The summed E-state index contributed by atoms with van der Waals surface area (Å²) >= 11 is 0. The van der Waals surface area contributed by atoms with Crippen molar-refractivity contribution in [3.63, 3.8) is 0 Å². The number of aliphatic hydroxyl groups is 2. The van der Waals surface area contributed by atoms with E-state index in [0.717, 1.165) is 5.57 Å². The Labute approximate surface area is 277 Å². The monoisotopic (exact) mass is 656 g/mol. The average Bonchev–Trinajstić information content (AvgIpc) is 2.98. The fourth-order valence-electron chi connectivity index (χ4n) is 6.27. The maximum absolute atomic E-state index is 11.4. The summed E-state index contributed by atoms with van der Waals surface area (Å²) in [5.41, 5.74) is 0.850. The molecule has 0 aromatic heterocycles. The molecule has 2 aromatic carbocycles. The van der Waals surface area contributed by atoms with Crippen molar-refractivity contribution in [2.45, 2.75) is 117 Å². The minimum atomic E-state index is -2.61. The zero-order valence-electron chi connectivity index (χ0n) is 30.6. The van der Waals surface area contributed by atoms with E-state index in [1.54, 1.807) is 7.11 Å². The first-order valence-corrected chi connectivity index (χ1v) is 21.6. The first-order chi connectivity index (χ1) is 20.8. The molecule has 0 aliphatic carbocycles. The molecule has 0 fully saturated rings. The lowest BCUT2D eigenvalue weighted by molar-refractivity contribution is -0.0730. The van der Waals surface area contributed by atoms with Gasteiger partial charge in [-0.2, -0.15) is 0 Å². The van der Waals surface area contributed by atoms with Gasteiger partial charge in [-0.1, -0.05) is 129 Å². The van der Waals surface area contributed by atoms with Crippen molar-refractivity contribution >= 4 is 27.0 Å². The fourth-order valence-corrected chi connectivity index (χ4v) is 12.0. The SMILES string of the molecule is CO[C@@H]([C@@H](C)[C@@H](O)[C@H](C)[C@@H](O)/C(C)=C/CCO[Si](c1ccccc1)(c1ccccc1)C(C)(C)C)[C@@H](C)CO[Si](C)(C)C(C)(C)C. The molecule has 6 atom stereocenters. The van der Waals surface area contributed by atoms with E-state index in [1.165, 1.54) is 10.4 Å². The van der Waals surface area contributed by atoms with E-state index in [9.17, 15) is 10.2 Å². The highest BCUT2D eigenvalue weighted by molar-refractivity contribution is 6.99. The van der Waals surface area contributed by atoms with E-state index in [4.69, 9.17) is 13.6 Å². The minimum absolute atomic E-state index is 0.0898. The van der Waals surface area contributed by atoms with Gasteiger partial charge in [-0.3, -0.25) is 0 Å². The van der Waals surface area contributed by atoms with Gasteiger partial charge in [0, 0.05) is 38.1 Å². The van der Waals surface area contributed by atoms with Crippen molar-refractivity contribution in [3.8, 4) is 0 Å². The maximum Gasteiger partial charge on any atom is 0.261 e. The van der Waals surface area contributed by atoms with Gasteiger partial charge in [-0.25, -0.2) is 0 Å². The van der Waals surface area contributed by atoms with Gasteiger partial charge < -0.3 is 23.8 Å². The fraction of sp³-hybridized carbons (Fsp3) is 0.632. The van der Waals surface area contributed by atoms with Crippen LogP contribution in [0.3, 0.4) is 0 Å². The van der Waals surface area contributed by atoms with Crippen molar-refractivity contribution in [1.29, 1.82) is 0 Å². The normalized spacial score (nSPS) is 17.8. The molecule has 0 amide bonds. The Morgan fingerprint density at radius 2 is 1.27 bits per heavy atom. The Morgan fingerprint density at radius 3 is 1.69 bits per heavy atom. The quantitative estimate of drug-likeness (QED) is 0.111. The average molecular weight is 657 g/mol. The molecule has 7 heteroatoms. The molecule has 254 valence electrons. The Morgan fingerprint density at radius 1 is 0.778 bits per heavy atom. The Bertz CT molecular complexity index is 1130. The maximum atomic E-state index is 11.4. The summed E-state index contributed by atoms with van der Waals surface area (Å²) in [5, 5.41) is 25.3. The summed E-state index contributed by atoms with van der Waals surface area (Å²) in [5.74, 6) is -0.433. The highest BCUT2D eigenvalue weighted by Gasteiger charge is 2.50. The number of rotatable bonds is 16. The first kappa shape index (κ1) is 39.6.